The molecule has 174 valence electrons. The van der Waals surface area contributed by atoms with Gasteiger partial charge in [-0.25, -0.2) is 4.39 Å². The lowest BCUT2D eigenvalue weighted by molar-refractivity contribution is -0.136. The Balaban J connectivity index is 1.64. The minimum Gasteiger partial charge on any atom is -0.481 e. The molecule has 0 radical (unpaired) electrons. The van der Waals surface area contributed by atoms with E-state index in [0.717, 1.165) is 22.4 Å². The highest BCUT2D eigenvalue weighted by Gasteiger charge is 2.29. The Labute approximate surface area is 196 Å². The number of anilines is 1. The number of hydrogen-bond donors (Lipinski definition) is 2. The number of nitrogens with two attached hydrogens (primary N) is 1. The largest absolute Gasteiger partial charge is 0.481 e. The van der Waals surface area contributed by atoms with Gasteiger partial charge in [0.15, 0.2) is 0 Å². The molecule has 34 heavy (non-hydrogen) atoms. The third-order valence-corrected chi connectivity index (χ3v) is 6.25. The molecule has 0 saturated heterocycles. The van der Waals surface area contributed by atoms with Gasteiger partial charge in [0.05, 0.1) is 18.7 Å². The molecule has 0 unspecified atom stereocenters. The fraction of sp³-hybridized carbons (Fsp3) is 0.222. The number of nitrogens with zero attached hydrogens (tertiary/aromatic N) is 1. The number of carboxylic acids is 1. The Morgan fingerprint density at radius 2 is 1.91 bits per heavy atom. The van der Waals surface area contributed by atoms with Gasteiger partial charge < -0.3 is 24.9 Å². The number of hydrogen-bond acceptors (Lipinski definition) is 5. The highest BCUT2D eigenvalue weighted by Crippen LogP contribution is 2.42. The maximum atomic E-state index is 15.3. The van der Waals surface area contributed by atoms with Crippen LogP contribution in [0.1, 0.15) is 28.6 Å². The molecule has 2 heterocycles. The molecule has 0 amide bonds. The van der Waals surface area contributed by atoms with Gasteiger partial charge >= 0.3 is 5.97 Å². The molecule has 6 nitrogen and oxygen atoms in total. The van der Waals surface area contributed by atoms with Crippen LogP contribution in [-0.2, 0) is 17.8 Å². The van der Waals surface area contributed by atoms with Crippen molar-refractivity contribution in [3.8, 4) is 16.9 Å². The minimum absolute atomic E-state index is 0.0966. The lowest BCUT2D eigenvalue weighted by atomic mass is 9.95. The third kappa shape index (κ3) is 3.78. The highest BCUT2D eigenvalue weighted by molar-refractivity contribution is 5.94. The van der Waals surface area contributed by atoms with E-state index in [9.17, 15) is 9.90 Å². The van der Waals surface area contributed by atoms with Crippen molar-refractivity contribution < 1.29 is 23.4 Å². The number of rotatable bonds is 5. The summed E-state index contributed by atoms with van der Waals surface area (Å²) in [7, 11) is 1.95. The van der Waals surface area contributed by atoms with Gasteiger partial charge in [0, 0.05) is 41.2 Å². The topological polar surface area (TPSA) is 88.9 Å². The van der Waals surface area contributed by atoms with Crippen LogP contribution >= 0.6 is 0 Å². The Morgan fingerprint density at radius 3 is 2.68 bits per heavy atom. The van der Waals surface area contributed by atoms with Crippen LogP contribution in [0.25, 0.3) is 22.1 Å². The lowest BCUT2D eigenvalue weighted by Crippen LogP contribution is -2.32. The summed E-state index contributed by atoms with van der Waals surface area (Å²) in [4.78, 5) is 13.4. The van der Waals surface area contributed by atoms with E-state index in [0.29, 0.717) is 40.1 Å². The van der Waals surface area contributed by atoms with E-state index in [1.807, 2.05) is 44.3 Å². The van der Waals surface area contributed by atoms with Crippen LogP contribution in [0, 0.1) is 12.7 Å². The molecule has 0 spiro atoms. The minimum atomic E-state index is -0.922. The molecular formula is C27H25FN2O4. The predicted molar refractivity (Wildman–Crippen MR) is 129 cm³/mol. The number of ether oxygens (including phenoxy) is 1. The van der Waals surface area contributed by atoms with Gasteiger partial charge in [-0.1, -0.05) is 30.3 Å². The number of carbonyl (C=O) groups is 1. The Hall–Kier alpha value is -3.84. The highest BCUT2D eigenvalue weighted by atomic mass is 19.1. The van der Waals surface area contributed by atoms with E-state index in [2.05, 4.69) is 4.90 Å². The number of halogens is 1. The van der Waals surface area contributed by atoms with E-state index >= 15 is 4.39 Å². The number of benzene rings is 3. The van der Waals surface area contributed by atoms with Crippen molar-refractivity contribution in [3.63, 3.8) is 0 Å². The summed E-state index contributed by atoms with van der Waals surface area (Å²) < 4.78 is 27.6. The average Bonchev–Trinajstić information content (AvgIpc) is 3.19. The zero-order valence-electron chi connectivity index (χ0n) is 19.0. The molecule has 1 atom stereocenters. The van der Waals surface area contributed by atoms with Crippen molar-refractivity contribution in [1.82, 2.24) is 0 Å². The molecule has 0 aliphatic carbocycles. The van der Waals surface area contributed by atoms with Crippen molar-refractivity contribution in [3.05, 3.63) is 82.9 Å². The average molecular weight is 461 g/mol. The van der Waals surface area contributed by atoms with Gasteiger partial charge in [-0.05, 0) is 36.8 Å². The second kappa shape index (κ2) is 8.50. The maximum Gasteiger partial charge on any atom is 0.307 e. The maximum absolute atomic E-state index is 15.3. The number of fused-ring (bicyclic) bond motifs is 2. The molecular weight excluding hydrogens is 435 g/mol. The van der Waals surface area contributed by atoms with Crippen molar-refractivity contribution in [2.45, 2.75) is 26.0 Å². The molecule has 0 bridgehead atoms. The SMILES string of the molecule is Cc1cc2cc([C@H]3CN(C)c4cccc(CC(=O)O)c4O3)cc(-c3cccc(CN)c3F)c2o1. The van der Waals surface area contributed by atoms with Gasteiger partial charge in [0.2, 0.25) is 0 Å². The van der Waals surface area contributed by atoms with E-state index in [1.54, 1.807) is 24.3 Å². The van der Waals surface area contributed by atoms with Gasteiger partial charge in [-0.2, -0.15) is 0 Å². The fourth-order valence-corrected chi connectivity index (χ4v) is 4.65. The molecule has 0 saturated carbocycles. The van der Waals surface area contributed by atoms with Crippen LogP contribution in [0.5, 0.6) is 5.75 Å². The summed E-state index contributed by atoms with van der Waals surface area (Å²) in [6.45, 7) is 2.51. The summed E-state index contributed by atoms with van der Waals surface area (Å²) in [6.07, 6.45) is -0.516. The zero-order valence-corrected chi connectivity index (χ0v) is 19.0. The molecule has 1 aromatic heterocycles. The van der Waals surface area contributed by atoms with Crippen LogP contribution < -0.4 is 15.4 Å². The summed E-state index contributed by atoms with van der Waals surface area (Å²) in [5, 5.41) is 10.2. The monoisotopic (exact) mass is 460 g/mol. The molecule has 7 heteroatoms. The van der Waals surface area contributed by atoms with Gasteiger partial charge in [0.25, 0.3) is 0 Å². The van der Waals surface area contributed by atoms with Crippen LogP contribution in [0.15, 0.2) is 59.0 Å². The first kappa shape index (κ1) is 22.0. The molecule has 3 N–H and O–H groups in total. The fourth-order valence-electron chi connectivity index (χ4n) is 4.65. The van der Waals surface area contributed by atoms with E-state index < -0.39 is 5.97 Å². The van der Waals surface area contributed by atoms with Crippen LogP contribution in [0.3, 0.4) is 0 Å². The van der Waals surface area contributed by atoms with Crippen molar-refractivity contribution in [1.29, 1.82) is 0 Å². The summed E-state index contributed by atoms with van der Waals surface area (Å²) >= 11 is 0. The zero-order chi connectivity index (χ0) is 24.0. The first-order valence-electron chi connectivity index (χ1n) is 11.1. The van der Waals surface area contributed by atoms with Gasteiger partial charge in [0.1, 0.15) is 29.0 Å². The predicted octanol–water partition coefficient (Wildman–Crippen LogP) is 5.20. The quantitative estimate of drug-likeness (QED) is 0.425. The normalized spacial score (nSPS) is 15.3. The molecule has 5 rings (SSSR count). The summed E-state index contributed by atoms with van der Waals surface area (Å²) in [5.74, 6) is -0.00701. The van der Waals surface area contributed by atoms with Crippen LogP contribution in [0.2, 0.25) is 0 Å². The van der Waals surface area contributed by atoms with Crippen LogP contribution in [-0.4, -0.2) is 24.7 Å². The second-order valence-corrected chi connectivity index (χ2v) is 8.65. The Kier molecular flexibility index (Phi) is 5.49. The van der Waals surface area contributed by atoms with E-state index in [-0.39, 0.29) is 24.9 Å². The molecule has 4 aromatic rings. The van der Waals surface area contributed by atoms with Gasteiger partial charge in [-0.15, -0.1) is 0 Å². The first-order valence-corrected chi connectivity index (χ1v) is 11.1. The van der Waals surface area contributed by atoms with Gasteiger partial charge in [-0.3, -0.25) is 4.79 Å². The Bertz CT molecular complexity index is 1410. The Morgan fingerprint density at radius 1 is 1.15 bits per heavy atom. The van der Waals surface area contributed by atoms with Crippen molar-refractivity contribution in [2.24, 2.45) is 5.73 Å². The molecule has 1 aliphatic heterocycles. The smallest absolute Gasteiger partial charge is 0.307 e. The van der Waals surface area contributed by atoms with Crippen molar-refractivity contribution >= 4 is 22.6 Å². The standard InChI is InChI=1S/C27H25FN2O4/c1-15-9-19-10-18(11-21(26(19)33-15)20-7-3-6-17(13-29)25(20)28)23-14-30(2)22-8-4-5-16(12-24(31)32)27(22)34-23/h3-11,23H,12-14,29H2,1-2H3,(H,31,32)/t23-/m1/s1. The van der Waals surface area contributed by atoms with Crippen LogP contribution in [0.4, 0.5) is 10.1 Å². The number of aliphatic carboxylic acids is 1. The van der Waals surface area contributed by atoms with E-state index in [4.69, 9.17) is 14.9 Å². The van der Waals surface area contributed by atoms with Crippen molar-refractivity contribution in [2.75, 3.05) is 18.5 Å². The third-order valence-electron chi connectivity index (χ3n) is 6.25. The first-order chi connectivity index (χ1) is 16.4. The number of furan rings is 1. The van der Waals surface area contributed by atoms with E-state index in [1.165, 1.54) is 0 Å². The number of carboxylic acid groups (broad SMARTS) is 1. The number of aryl methyl sites for hydroxylation is 1. The molecule has 1 aliphatic rings. The number of para-hydroxylation sites is 1. The molecule has 0 fully saturated rings. The number of likely N-dealkylation sites (N-methyl/N-ethyl adjacent to an activating group) is 1. The lowest BCUT2D eigenvalue weighted by Gasteiger charge is -2.35. The summed E-state index contributed by atoms with van der Waals surface area (Å²) in [5.41, 5.74) is 10.1. The second-order valence-electron chi connectivity index (χ2n) is 8.65. The molecule has 3 aromatic carbocycles. The summed E-state index contributed by atoms with van der Waals surface area (Å²) in [6, 6.07) is 16.5.